The van der Waals surface area contributed by atoms with Crippen LogP contribution in [0.3, 0.4) is 0 Å². The number of hydrogen-bond acceptors (Lipinski definition) is 8. The Labute approximate surface area is 213 Å². The SMILES string of the molecule is COc1cc(OC)cc(-c2nc3n(n2)C(c2ccccn2)C(C(=O)Nc2ccccc2OC)=C(C)N3)c1. The van der Waals surface area contributed by atoms with Crippen molar-refractivity contribution in [3.05, 3.63) is 83.8 Å². The number of carbonyl (C=O) groups is 1. The predicted molar refractivity (Wildman–Crippen MR) is 139 cm³/mol. The molecule has 10 heteroatoms. The first-order valence-corrected chi connectivity index (χ1v) is 11.6. The van der Waals surface area contributed by atoms with E-state index in [9.17, 15) is 4.79 Å². The Hall–Kier alpha value is -4.86. The molecule has 0 saturated heterocycles. The van der Waals surface area contributed by atoms with Gasteiger partial charge in [-0.15, -0.1) is 5.10 Å². The highest BCUT2D eigenvalue weighted by molar-refractivity contribution is 6.06. The second-order valence-electron chi connectivity index (χ2n) is 8.28. The van der Waals surface area contributed by atoms with Gasteiger partial charge in [-0.2, -0.15) is 4.98 Å². The lowest BCUT2D eigenvalue weighted by atomic mass is 9.98. The monoisotopic (exact) mass is 498 g/mol. The Morgan fingerprint density at radius 2 is 1.70 bits per heavy atom. The van der Waals surface area contributed by atoms with Crippen LogP contribution in [0.4, 0.5) is 11.6 Å². The van der Waals surface area contributed by atoms with Gasteiger partial charge in [-0.05, 0) is 43.3 Å². The Kier molecular flexibility index (Phi) is 6.46. The molecule has 188 valence electrons. The zero-order chi connectivity index (χ0) is 25.9. The minimum absolute atomic E-state index is 0.309. The molecule has 0 bridgehead atoms. The molecule has 0 fully saturated rings. The van der Waals surface area contributed by atoms with Crippen molar-refractivity contribution in [2.24, 2.45) is 0 Å². The third kappa shape index (κ3) is 4.56. The second kappa shape index (κ2) is 10.0. The first-order valence-electron chi connectivity index (χ1n) is 11.6. The fraction of sp³-hybridized carbons (Fsp3) is 0.185. The fourth-order valence-electron chi connectivity index (χ4n) is 4.25. The topological polar surface area (TPSA) is 112 Å². The van der Waals surface area contributed by atoms with Crippen molar-refractivity contribution in [1.29, 1.82) is 0 Å². The summed E-state index contributed by atoms with van der Waals surface area (Å²) >= 11 is 0. The van der Waals surface area contributed by atoms with Crippen LogP contribution in [0.5, 0.6) is 17.2 Å². The Bertz CT molecular complexity index is 1460. The molecule has 1 aliphatic heterocycles. The van der Waals surface area contributed by atoms with Crippen LogP contribution in [-0.2, 0) is 4.79 Å². The summed E-state index contributed by atoms with van der Waals surface area (Å²) in [5, 5.41) is 11.0. The lowest BCUT2D eigenvalue weighted by Gasteiger charge is -2.28. The molecule has 37 heavy (non-hydrogen) atoms. The average Bonchev–Trinajstić information content (AvgIpc) is 3.36. The highest BCUT2D eigenvalue weighted by Crippen LogP contribution is 2.37. The minimum Gasteiger partial charge on any atom is -0.497 e. The van der Waals surface area contributed by atoms with Crippen molar-refractivity contribution in [3.63, 3.8) is 0 Å². The van der Waals surface area contributed by atoms with E-state index in [0.717, 1.165) is 0 Å². The van der Waals surface area contributed by atoms with Crippen LogP contribution in [0.2, 0.25) is 0 Å². The summed E-state index contributed by atoms with van der Waals surface area (Å²) in [6, 6.07) is 17.6. The summed E-state index contributed by atoms with van der Waals surface area (Å²) in [5.41, 5.74) is 3.00. The molecule has 1 atom stereocenters. The smallest absolute Gasteiger partial charge is 0.256 e. The number of nitrogens with zero attached hydrogens (tertiary/aromatic N) is 4. The predicted octanol–water partition coefficient (Wildman–Crippen LogP) is 4.29. The summed E-state index contributed by atoms with van der Waals surface area (Å²) in [5.74, 6) is 2.41. The maximum absolute atomic E-state index is 13.7. The summed E-state index contributed by atoms with van der Waals surface area (Å²) < 4.78 is 17.9. The summed E-state index contributed by atoms with van der Waals surface area (Å²) in [4.78, 5) is 23.0. The molecule has 10 nitrogen and oxygen atoms in total. The van der Waals surface area contributed by atoms with E-state index in [2.05, 4.69) is 15.6 Å². The summed E-state index contributed by atoms with van der Waals surface area (Å²) in [6.07, 6.45) is 1.69. The molecule has 5 rings (SSSR count). The molecular weight excluding hydrogens is 472 g/mol. The first-order chi connectivity index (χ1) is 18.0. The number of aromatic nitrogens is 4. The van der Waals surface area contributed by atoms with Crippen molar-refractivity contribution in [1.82, 2.24) is 19.7 Å². The highest BCUT2D eigenvalue weighted by atomic mass is 16.5. The molecule has 0 saturated carbocycles. The van der Waals surface area contributed by atoms with Crippen molar-refractivity contribution in [2.45, 2.75) is 13.0 Å². The minimum atomic E-state index is -0.624. The molecule has 3 heterocycles. The summed E-state index contributed by atoms with van der Waals surface area (Å²) in [7, 11) is 4.73. The number of rotatable bonds is 7. The van der Waals surface area contributed by atoms with Crippen molar-refractivity contribution in [3.8, 4) is 28.6 Å². The molecule has 4 aromatic rings. The van der Waals surface area contributed by atoms with Gasteiger partial charge in [0.2, 0.25) is 5.95 Å². The van der Waals surface area contributed by atoms with E-state index >= 15 is 0 Å². The number of nitrogens with one attached hydrogen (secondary N) is 2. The standard InChI is InChI=1S/C27H26N6O4/c1-16-23(26(34)30-20-9-5-6-11-22(20)37-4)24(21-10-7-8-12-28-21)33-27(29-16)31-25(32-33)17-13-18(35-2)15-19(14-17)36-3/h5-15,24H,1-4H3,(H,30,34)(H,29,31,32). The number of carbonyl (C=O) groups excluding carboxylic acids is 1. The number of benzene rings is 2. The molecule has 2 aromatic carbocycles. The van der Waals surface area contributed by atoms with Gasteiger partial charge in [0.25, 0.3) is 5.91 Å². The maximum atomic E-state index is 13.7. The fourth-order valence-corrected chi connectivity index (χ4v) is 4.25. The van der Waals surface area contributed by atoms with Gasteiger partial charge >= 0.3 is 0 Å². The van der Waals surface area contributed by atoms with E-state index < -0.39 is 6.04 Å². The maximum Gasteiger partial charge on any atom is 0.256 e. The zero-order valence-corrected chi connectivity index (χ0v) is 20.9. The lowest BCUT2D eigenvalue weighted by molar-refractivity contribution is -0.113. The van der Waals surface area contributed by atoms with E-state index in [1.807, 2.05) is 49.4 Å². The number of fused-ring (bicyclic) bond motifs is 1. The quantitative estimate of drug-likeness (QED) is 0.388. The van der Waals surface area contributed by atoms with Gasteiger partial charge in [0.1, 0.15) is 23.3 Å². The van der Waals surface area contributed by atoms with Crippen LogP contribution >= 0.6 is 0 Å². The number of allylic oxidation sites excluding steroid dienone is 1. The zero-order valence-electron chi connectivity index (χ0n) is 20.9. The average molecular weight is 499 g/mol. The van der Waals surface area contributed by atoms with Crippen LogP contribution in [-0.4, -0.2) is 47.0 Å². The van der Waals surface area contributed by atoms with Gasteiger partial charge in [-0.3, -0.25) is 9.78 Å². The van der Waals surface area contributed by atoms with Crippen LogP contribution in [0.15, 0.2) is 78.1 Å². The number of amides is 1. The van der Waals surface area contributed by atoms with Gasteiger partial charge in [0.15, 0.2) is 5.82 Å². The van der Waals surface area contributed by atoms with Gasteiger partial charge in [0, 0.05) is 23.5 Å². The largest absolute Gasteiger partial charge is 0.497 e. The van der Waals surface area contributed by atoms with E-state index in [0.29, 0.717) is 57.2 Å². The molecule has 0 aliphatic carbocycles. The molecule has 1 amide bonds. The number of anilines is 2. The number of methoxy groups -OCH3 is 3. The molecule has 0 spiro atoms. The number of para-hydroxylation sites is 2. The van der Waals surface area contributed by atoms with Crippen LogP contribution < -0.4 is 24.8 Å². The van der Waals surface area contributed by atoms with Crippen LogP contribution in [0, 0.1) is 0 Å². The van der Waals surface area contributed by atoms with E-state index in [4.69, 9.17) is 24.3 Å². The third-order valence-corrected chi connectivity index (χ3v) is 6.03. The lowest BCUT2D eigenvalue weighted by Crippen LogP contribution is -2.32. The van der Waals surface area contributed by atoms with Crippen molar-refractivity contribution < 1.29 is 19.0 Å². The number of ether oxygens (including phenoxy) is 3. The Morgan fingerprint density at radius 3 is 2.38 bits per heavy atom. The van der Waals surface area contributed by atoms with E-state index in [1.165, 1.54) is 0 Å². The first kappa shape index (κ1) is 23.9. The number of hydrogen-bond donors (Lipinski definition) is 2. The molecule has 1 unspecified atom stereocenters. The van der Waals surface area contributed by atoms with Crippen LogP contribution in [0.25, 0.3) is 11.4 Å². The van der Waals surface area contributed by atoms with Crippen LogP contribution in [0.1, 0.15) is 18.7 Å². The molecule has 1 aliphatic rings. The normalized spacial score (nSPS) is 14.4. The van der Waals surface area contributed by atoms with Gasteiger partial charge < -0.3 is 24.8 Å². The van der Waals surface area contributed by atoms with E-state index in [1.54, 1.807) is 50.4 Å². The summed E-state index contributed by atoms with van der Waals surface area (Å²) in [6.45, 7) is 1.83. The molecule has 2 aromatic heterocycles. The molecular formula is C27H26N6O4. The van der Waals surface area contributed by atoms with Crippen molar-refractivity contribution in [2.75, 3.05) is 32.0 Å². The third-order valence-electron chi connectivity index (χ3n) is 6.03. The van der Waals surface area contributed by atoms with E-state index in [-0.39, 0.29) is 5.91 Å². The van der Waals surface area contributed by atoms with Gasteiger partial charge in [-0.1, -0.05) is 18.2 Å². The molecule has 0 radical (unpaired) electrons. The Morgan fingerprint density at radius 1 is 0.973 bits per heavy atom. The van der Waals surface area contributed by atoms with Gasteiger partial charge in [0.05, 0.1) is 38.3 Å². The second-order valence-corrected chi connectivity index (χ2v) is 8.28. The number of pyridine rings is 1. The highest BCUT2D eigenvalue weighted by Gasteiger charge is 2.35. The van der Waals surface area contributed by atoms with Gasteiger partial charge in [-0.25, -0.2) is 4.68 Å². The Balaban J connectivity index is 1.59. The van der Waals surface area contributed by atoms with Crippen molar-refractivity contribution >= 4 is 17.5 Å². The molecule has 2 N–H and O–H groups in total.